The predicted molar refractivity (Wildman–Crippen MR) is 79.5 cm³/mol. The number of benzene rings is 1. The van der Waals surface area contributed by atoms with Crippen LogP contribution < -0.4 is 5.73 Å². The Balaban J connectivity index is 1.67. The van der Waals surface area contributed by atoms with E-state index in [2.05, 4.69) is 15.9 Å². The van der Waals surface area contributed by atoms with Gasteiger partial charge < -0.3 is 15.2 Å². The maximum Gasteiger partial charge on any atom is 0.339 e. The molecule has 1 aromatic carbocycles. The van der Waals surface area contributed by atoms with Gasteiger partial charge in [0.25, 0.3) is 0 Å². The fourth-order valence-corrected chi connectivity index (χ4v) is 3.33. The third kappa shape index (κ3) is 2.69. The molecule has 2 N–H and O–H groups in total. The summed E-state index contributed by atoms with van der Waals surface area (Å²) in [5, 5.41) is 0. The fourth-order valence-electron chi connectivity index (χ4n) is 2.92. The molecular weight excluding hydrogens is 322 g/mol. The Morgan fingerprint density at radius 3 is 2.95 bits per heavy atom. The second kappa shape index (κ2) is 5.37. The van der Waals surface area contributed by atoms with E-state index in [-0.39, 0.29) is 17.7 Å². The Bertz CT molecular complexity index is 528. The van der Waals surface area contributed by atoms with Crippen molar-refractivity contribution in [1.82, 2.24) is 0 Å². The first-order valence-electron chi connectivity index (χ1n) is 6.98. The highest BCUT2D eigenvalue weighted by atomic mass is 79.9. The summed E-state index contributed by atoms with van der Waals surface area (Å²) in [6.45, 7) is 0.677. The summed E-state index contributed by atoms with van der Waals surface area (Å²) in [7, 11) is 0. The maximum atomic E-state index is 12.3. The predicted octanol–water partition coefficient (Wildman–Crippen LogP) is 3.29. The van der Waals surface area contributed by atoms with Crippen molar-refractivity contribution in [3.8, 4) is 0 Å². The molecule has 0 amide bonds. The Hall–Kier alpha value is -1.07. The minimum Gasteiger partial charge on any atom is -0.459 e. The molecule has 1 heterocycles. The first-order valence-corrected chi connectivity index (χ1v) is 7.77. The second-order valence-electron chi connectivity index (χ2n) is 5.64. The fraction of sp³-hybridized carbons (Fsp3) is 0.533. The molecule has 5 heteroatoms. The lowest BCUT2D eigenvalue weighted by Crippen LogP contribution is -2.48. The van der Waals surface area contributed by atoms with Crippen molar-refractivity contribution in [2.75, 3.05) is 12.3 Å². The number of esters is 1. The molecule has 1 saturated heterocycles. The molecule has 2 aliphatic rings. The largest absolute Gasteiger partial charge is 0.459 e. The molecule has 1 saturated carbocycles. The number of nitrogens with two attached hydrogens (primary N) is 1. The molecule has 2 fully saturated rings. The Morgan fingerprint density at radius 2 is 2.25 bits per heavy atom. The van der Waals surface area contributed by atoms with Crippen LogP contribution in [0.1, 0.15) is 42.5 Å². The summed E-state index contributed by atoms with van der Waals surface area (Å²) in [5.41, 5.74) is 6.75. The zero-order valence-electron chi connectivity index (χ0n) is 11.2. The molecule has 3 rings (SSSR count). The number of rotatable bonds is 2. The van der Waals surface area contributed by atoms with Crippen LogP contribution in [0, 0.1) is 0 Å². The van der Waals surface area contributed by atoms with Crippen molar-refractivity contribution in [2.45, 2.75) is 43.8 Å². The SMILES string of the molecule is Nc1ccc(Br)c(C(=O)OC2CCOC3(CCC3)C2)c1. The van der Waals surface area contributed by atoms with Gasteiger partial charge in [0.15, 0.2) is 0 Å². The van der Waals surface area contributed by atoms with Crippen molar-refractivity contribution in [3.63, 3.8) is 0 Å². The molecule has 20 heavy (non-hydrogen) atoms. The topological polar surface area (TPSA) is 61.6 Å². The summed E-state index contributed by atoms with van der Waals surface area (Å²) < 4.78 is 12.2. The van der Waals surface area contributed by atoms with Gasteiger partial charge in [-0.15, -0.1) is 0 Å². The molecule has 108 valence electrons. The van der Waals surface area contributed by atoms with Crippen molar-refractivity contribution < 1.29 is 14.3 Å². The van der Waals surface area contributed by atoms with E-state index < -0.39 is 0 Å². The van der Waals surface area contributed by atoms with E-state index in [4.69, 9.17) is 15.2 Å². The monoisotopic (exact) mass is 339 g/mol. The first-order chi connectivity index (χ1) is 9.58. The molecule has 1 atom stereocenters. The number of anilines is 1. The Kier molecular flexibility index (Phi) is 3.73. The Labute approximate surface area is 126 Å². The van der Waals surface area contributed by atoms with Gasteiger partial charge in [-0.3, -0.25) is 0 Å². The van der Waals surface area contributed by atoms with Gasteiger partial charge in [-0.1, -0.05) is 0 Å². The summed E-state index contributed by atoms with van der Waals surface area (Å²) >= 11 is 3.36. The van der Waals surface area contributed by atoms with Gasteiger partial charge in [-0.25, -0.2) is 4.79 Å². The van der Waals surface area contributed by atoms with E-state index >= 15 is 0 Å². The minimum absolute atomic E-state index is 0.0177. The molecule has 1 aliphatic carbocycles. The second-order valence-corrected chi connectivity index (χ2v) is 6.50. The average Bonchev–Trinajstić information content (AvgIpc) is 2.40. The lowest BCUT2D eigenvalue weighted by Gasteiger charge is -2.46. The van der Waals surface area contributed by atoms with E-state index in [1.165, 1.54) is 6.42 Å². The third-order valence-electron chi connectivity index (χ3n) is 4.20. The summed E-state index contributed by atoms with van der Waals surface area (Å²) in [6, 6.07) is 5.16. The van der Waals surface area contributed by atoms with E-state index in [1.807, 2.05) is 0 Å². The molecule has 0 radical (unpaired) electrons. The van der Waals surface area contributed by atoms with Gasteiger partial charge in [-0.2, -0.15) is 0 Å². The van der Waals surface area contributed by atoms with E-state index in [0.717, 1.165) is 25.7 Å². The maximum absolute atomic E-state index is 12.3. The number of halogens is 1. The molecule has 1 aliphatic heterocycles. The third-order valence-corrected chi connectivity index (χ3v) is 4.89. The van der Waals surface area contributed by atoms with E-state index in [0.29, 0.717) is 22.3 Å². The molecular formula is C15H18BrNO3. The zero-order valence-corrected chi connectivity index (χ0v) is 12.8. The molecule has 0 bridgehead atoms. The average molecular weight is 340 g/mol. The lowest BCUT2D eigenvalue weighted by atomic mass is 9.74. The number of carbonyl (C=O) groups excluding carboxylic acids is 1. The number of hydrogen-bond acceptors (Lipinski definition) is 4. The van der Waals surface area contributed by atoms with Crippen LogP contribution in [0.4, 0.5) is 5.69 Å². The number of ether oxygens (including phenoxy) is 2. The van der Waals surface area contributed by atoms with Crippen LogP contribution >= 0.6 is 15.9 Å². The summed E-state index contributed by atoms with van der Waals surface area (Å²) in [5.74, 6) is -0.314. The van der Waals surface area contributed by atoms with Crippen molar-refractivity contribution in [2.24, 2.45) is 0 Å². The van der Waals surface area contributed by atoms with Crippen LogP contribution in [-0.4, -0.2) is 24.3 Å². The number of nitrogen functional groups attached to an aromatic ring is 1. The number of hydrogen-bond donors (Lipinski definition) is 1. The molecule has 0 aromatic heterocycles. The molecule has 1 aromatic rings. The van der Waals surface area contributed by atoms with Crippen molar-refractivity contribution in [1.29, 1.82) is 0 Å². The van der Waals surface area contributed by atoms with Crippen LogP contribution in [-0.2, 0) is 9.47 Å². The van der Waals surface area contributed by atoms with Gasteiger partial charge in [0, 0.05) is 23.0 Å². The van der Waals surface area contributed by atoms with Gasteiger partial charge >= 0.3 is 5.97 Å². The summed E-state index contributed by atoms with van der Waals surface area (Å²) in [6.07, 6.45) is 4.92. The highest BCUT2D eigenvalue weighted by Crippen LogP contribution is 2.43. The first kappa shape index (κ1) is 13.9. The van der Waals surface area contributed by atoms with Crippen LogP contribution in [0.5, 0.6) is 0 Å². The Morgan fingerprint density at radius 1 is 1.45 bits per heavy atom. The van der Waals surface area contributed by atoms with Crippen LogP contribution in [0.15, 0.2) is 22.7 Å². The standard InChI is InChI=1S/C15H18BrNO3/c16-13-3-2-10(17)8-12(13)14(18)20-11-4-7-19-15(9-11)5-1-6-15/h2-3,8,11H,1,4-7,9,17H2. The van der Waals surface area contributed by atoms with Crippen molar-refractivity contribution in [3.05, 3.63) is 28.2 Å². The van der Waals surface area contributed by atoms with Gasteiger partial charge in [-0.05, 0) is 53.4 Å². The molecule has 4 nitrogen and oxygen atoms in total. The smallest absolute Gasteiger partial charge is 0.339 e. The van der Waals surface area contributed by atoms with Crippen LogP contribution in [0.3, 0.4) is 0 Å². The highest BCUT2D eigenvalue weighted by molar-refractivity contribution is 9.10. The summed E-state index contributed by atoms with van der Waals surface area (Å²) in [4.78, 5) is 12.3. The lowest BCUT2D eigenvalue weighted by molar-refractivity contribution is -0.159. The molecule has 1 spiro atoms. The highest BCUT2D eigenvalue weighted by Gasteiger charge is 2.43. The zero-order chi connectivity index (χ0) is 14.2. The normalized spacial score (nSPS) is 24.1. The van der Waals surface area contributed by atoms with Gasteiger partial charge in [0.1, 0.15) is 6.10 Å². The number of carbonyl (C=O) groups is 1. The minimum atomic E-state index is -0.314. The van der Waals surface area contributed by atoms with Crippen LogP contribution in [0.2, 0.25) is 0 Å². The van der Waals surface area contributed by atoms with Crippen LogP contribution in [0.25, 0.3) is 0 Å². The molecule has 1 unspecified atom stereocenters. The van der Waals surface area contributed by atoms with E-state index in [9.17, 15) is 4.79 Å². The van der Waals surface area contributed by atoms with Gasteiger partial charge in [0.2, 0.25) is 0 Å². The van der Waals surface area contributed by atoms with Crippen molar-refractivity contribution >= 4 is 27.6 Å². The van der Waals surface area contributed by atoms with E-state index in [1.54, 1.807) is 18.2 Å². The van der Waals surface area contributed by atoms with Gasteiger partial charge in [0.05, 0.1) is 17.8 Å². The quantitative estimate of drug-likeness (QED) is 0.663.